The van der Waals surface area contributed by atoms with Gasteiger partial charge in [0.25, 0.3) is 0 Å². The number of fused-ring (bicyclic) bond motifs is 1. The number of ether oxygens (including phenoxy) is 4. The Morgan fingerprint density at radius 1 is 1.09 bits per heavy atom. The number of esters is 1. The average Bonchev–Trinajstić information content (AvgIpc) is 3.22. The first-order chi connectivity index (χ1) is 20.5. The second-order valence-electron chi connectivity index (χ2n) is 13.7. The van der Waals surface area contributed by atoms with Gasteiger partial charge < -0.3 is 28.7 Å². The lowest BCUT2D eigenvalue weighted by molar-refractivity contribution is 0.0532. The summed E-state index contributed by atoms with van der Waals surface area (Å²) in [5.74, 6) is 0.424. The fourth-order valence-corrected chi connectivity index (χ4v) is 7.93. The van der Waals surface area contributed by atoms with Crippen molar-refractivity contribution in [2.24, 2.45) is 0 Å². The molecule has 4 N–H and O–H groups in total. The van der Waals surface area contributed by atoms with E-state index in [1.807, 2.05) is 6.92 Å². The molecule has 13 nitrogen and oxygen atoms in total. The van der Waals surface area contributed by atoms with Gasteiger partial charge in [0.05, 0.1) is 26.5 Å². The third-order valence-electron chi connectivity index (χ3n) is 7.03. The Hall–Kier alpha value is -2.21. The quantitative estimate of drug-likeness (QED) is 0.0760. The molecule has 0 spiro atoms. The minimum absolute atomic E-state index is 0.0536. The Morgan fingerprint density at radius 2 is 1.69 bits per heavy atom. The first kappa shape index (κ1) is 39.0. The molecule has 0 radical (unpaired) electrons. The van der Waals surface area contributed by atoms with Gasteiger partial charge in [0.1, 0.15) is 23.7 Å². The number of methoxy groups -OCH3 is 1. The van der Waals surface area contributed by atoms with Gasteiger partial charge in [-0.05, 0) is 44.3 Å². The zero-order valence-electron chi connectivity index (χ0n) is 27.7. The van der Waals surface area contributed by atoms with Gasteiger partial charge in [0, 0.05) is 33.3 Å². The molecule has 1 aliphatic heterocycles. The van der Waals surface area contributed by atoms with E-state index in [1.165, 1.54) is 7.11 Å². The highest BCUT2D eigenvalue weighted by molar-refractivity contribution is 7.88. The fraction of sp³-hybridized carbons (Fsp3) is 0.643. The van der Waals surface area contributed by atoms with Crippen LogP contribution >= 0.6 is 7.60 Å². The number of benzene rings is 1. The number of cyclic esters (lactones) is 1. The molecule has 17 heteroatoms. The van der Waals surface area contributed by atoms with Crippen molar-refractivity contribution in [3.8, 4) is 11.5 Å². The number of amides is 1. The zero-order valence-corrected chi connectivity index (χ0v) is 31.4. The highest BCUT2D eigenvalue weighted by Crippen LogP contribution is 2.43. The molecule has 1 atom stereocenters. The van der Waals surface area contributed by atoms with E-state index in [0.717, 1.165) is 11.6 Å². The summed E-state index contributed by atoms with van der Waals surface area (Å²) in [6.07, 6.45) is -0.0924. The van der Waals surface area contributed by atoms with Crippen LogP contribution < -0.4 is 18.9 Å². The molecule has 1 amide bonds. The van der Waals surface area contributed by atoms with Crippen LogP contribution in [0, 0.1) is 6.92 Å². The zero-order chi connectivity index (χ0) is 34.4. The number of hydrogen-bond donors (Lipinski definition) is 4. The predicted molar refractivity (Wildman–Crippen MR) is 178 cm³/mol. The molecule has 0 aromatic heterocycles. The van der Waals surface area contributed by atoms with Gasteiger partial charge in [-0.2, -0.15) is 13.1 Å². The van der Waals surface area contributed by atoms with Gasteiger partial charge in [-0.25, -0.2) is 14.3 Å². The van der Waals surface area contributed by atoms with Crippen LogP contribution in [0.2, 0.25) is 51.4 Å². The largest absolute Gasteiger partial charge is 0.496 e. The summed E-state index contributed by atoms with van der Waals surface area (Å²) in [6, 6.07) is 0.241. The minimum atomic E-state index is -4.66. The van der Waals surface area contributed by atoms with E-state index in [4.69, 9.17) is 18.9 Å². The topological polar surface area (TPSA) is 187 Å². The maximum absolute atomic E-state index is 12.8. The van der Waals surface area contributed by atoms with Gasteiger partial charge >= 0.3 is 29.9 Å². The Bertz CT molecular complexity index is 1430. The SMILES string of the molecule is COc1c(C)c2c(c(OCC[Si](C)(C)C)c1CC=C(C)CC(CP(=O)(O)O)NS(=O)(=O)NC(=O)OCC[Si](C)(C)C)C(=O)OC2. The molecular formula is C28H49N2O11PSSi2. The summed E-state index contributed by atoms with van der Waals surface area (Å²) >= 11 is 0. The van der Waals surface area contributed by atoms with Crippen molar-refractivity contribution in [2.75, 3.05) is 26.5 Å². The summed E-state index contributed by atoms with van der Waals surface area (Å²) < 4.78 is 63.4. The van der Waals surface area contributed by atoms with Crippen molar-refractivity contribution in [1.29, 1.82) is 0 Å². The van der Waals surface area contributed by atoms with Crippen molar-refractivity contribution < 1.29 is 51.3 Å². The molecule has 1 aromatic carbocycles. The number of carbonyl (C=O) groups is 2. The van der Waals surface area contributed by atoms with Crippen molar-refractivity contribution in [3.63, 3.8) is 0 Å². The lowest BCUT2D eigenvalue weighted by atomic mass is 9.94. The summed E-state index contributed by atoms with van der Waals surface area (Å²) in [5.41, 5.74) is 3.00. The molecular weight excluding hydrogens is 660 g/mol. The van der Waals surface area contributed by atoms with E-state index in [0.29, 0.717) is 46.4 Å². The molecule has 2 rings (SSSR count). The first-order valence-corrected chi connectivity index (χ1v) is 25.4. The van der Waals surface area contributed by atoms with E-state index in [9.17, 15) is 32.4 Å². The van der Waals surface area contributed by atoms with Crippen LogP contribution in [0.15, 0.2) is 11.6 Å². The van der Waals surface area contributed by atoms with Crippen LogP contribution in [0.25, 0.3) is 0 Å². The molecule has 0 saturated carbocycles. The van der Waals surface area contributed by atoms with Crippen molar-refractivity contribution in [2.45, 2.75) is 90.7 Å². The number of hydrogen-bond acceptors (Lipinski definition) is 9. The Morgan fingerprint density at radius 3 is 2.24 bits per heavy atom. The Labute approximate surface area is 268 Å². The normalized spacial score (nSPS) is 14.9. The van der Waals surface area contributed by atoms with Crippen molar-refractivity contribution in [3.05, 3.63) is 33.9 Å². The monoisotopic (exact) mass is 708 g/mol. The lowest BCUT2D eigenvalue weighted by Crippen LogP contribution is -2.46. The lowest BCUT2D eigenvalue weighted by Gasteiger charge is -2.22. The van der Waals surface area contributed by atoms with Gasteiger partial charge in [-0.15, -0.1) is 0 Å². The number of carbonyl (C=O) groups excluding carboxylic acids is 2. The molecule has 0 aliphatic carbocycles. The molecule has 0 fully saturated rings. The highest BCUT2D eigenvalue weighted by atomic mass is 32.2. The van der Waals surface area contributed by atoms with E-state index in [1.54, 1.807) is 17.7 Å². The van der Waals surface area contributed by atoms with Crippen LogP contribution in [0.3, 0.4) is 0 Å². The average molecular weight is 709 g/mol. The Kier molecular flexibility index (Phi) is 13.5. The van der Waals surface area contributed by atoms with Crippen molar-refractivity contribution in [1.82, 2.24) is 9.44 Å². The maximum atomic E-state index is 12.8. The predicted octanol–water partition coefficient (Wildman–Crippen LogP) is 4.72. The maximum Gasteiger partial charge on any atom is 0.421 e. The molecule has 1 aromatic rings. The Balaban J connectivity index is 2.32. The molecule has 1 unspecified atom stereocenters. The highest BCUT2D eigenvalue weighted by Gasteiger charge is 2.34. The first-order valence-electron chi connectivity index (χ1n) is 14.7. The molecule has 256 valence electrons. The molecule has 45 heavy (non-hydrogen) atoms. The number of allylic oxidation sites excluding steroid dienone is 1. The second kappa shape index (κ2) is 15.6. The smallest absolute Gasteiger partial charge is 0.421 e. The molecule has 1 heterocycles. The fourth-order valence-electron chi connectivity index (χ4n) is 4.65. The number of rotatable bonds is 17. The van der Waals surface area contributed by atoms with E-state index < -0.39 is 58.2 Å². The van der Waals surface area contributed by atoms with Gasteiger partial charge in [0.15, 0.2) is 0 Å². The van der Waals surface area contributed by atoms with E-state index in [2.05, 4.69) is 44.0 Å². The third-order valence-corrected chi connectivity index (χ3v) is 12.4. The van der Waals surface area contributed by atoms with Crippen molar-refractivity contribution >= 4 is 46.0 Å². The minimum Gasteiger partial charge on any atom is -0.496 e. The summed E-state index contributed by atoms with van der Waals surface area (Å²) in [6.45, 7) is 17.0. The third kappa shape index (κ3) is 13.2. The standard InChI is InChI=1S/C28H49N2O11PSSi2/c1-19(16-21(18-42(33,34)35)29-43(36,37)30-28(32)40-13-15-45(7,8)9)10-11-22-25(38-3)20(2)23-17-41-27(31)24(23)26(22)39-12-14-44(4,5)6/h10,21,29H,11-18H2,1-9H3,(H,30,32)(H2,33,34,35). The van der Waals surface area contributed by atoms with E-state index in [-0.39, 0.29) is 26.1 Å². The van der Waals surface area contributed by atoms with Crippen LogP contribution in [0.5, 0.6) is 11.5 Å². The van der Waals surface area contributed by atoms with E-state index >= 15 is 0 Å². The second-order valence-corrected chi connectivity index (χ2v) is 28.1. The summed E-state index contributed by atoms with van der Waals surface area (Å²) in [7, 11) is -10.6. The van der Waals surface area contributed by atoms with Crippen LogP contribution in [-0.4, -0.2) is 78.9 Å². The summed E-state index contributed by atoms with van der Waals surface area (Å²) in [4.78, 5) is 44.1. The van der Waals surface area contributed by atoms with Gasteiger partial charge in [-0.3, -0.25) is 4.57 Å². The molecule has 1 aliphatic rings. The molecule has 0 bridgehead atoms. The van der Waals surface area contributed by atoms with Gasteiger partial charge in [-0.1, -0.05) is 50.9 Å². The molecule has 0 saturated heterocycles. The van der Waals surface area contributed by atoms with Crippen LogP contribution in [0.4, 0.5) is 4.79 Å². The van der Waals surface area contributed by atoms with Crippen LogP contribution in [-0.2, 0) is 37.3 Å². The van der Waals surface area contributed by atoms with Gasteiger partial charge in [0.2, 0.25) is 0 Å². The van der Waals surface area contributed by atoms with Crippen LogP contribution in [0.1, 0.15) is 40.4 Å². The number of nitrogens with one attached hydrogen (secondary N) is 2. The summed E-state index contributed by atoms with van der Waals surface area (Å²) in [5, 5.41) is 0.